The van der Waals surface area contributed by atoms with E-state index in [0.29, 0.717) is 49.5 Å². The molecule has 0 aromatic heterocycles. The van der Waals surface area contributed by atoms with Crippen LogP contribution < -0.4 is 15.4 Å². The van der Waals surface area contributed by atoms with E-state index in [1.807, 2.05) is 0 Å². The molecule has 4 rings (SSSR count). The molecule has 2 amide bonds. The van der Waals surface area contributed by atoms with E-state index < -0.39 is 10.0 Å². The van der Waals surface area contributed by atoms with Gasteiger partial charge in [0.25, 0.3) is 5.91 Å². The third-order valence-electron chi connectivity index (χ3n) is 7.04. The summed E-state index contributed by atoms with van der Waals surface area (Å²) in [5.41, 5.74) is 1.03. The number of benzene rings is 1. The Labute approximate surface area is 202 Å². The molecule has 0 radical (unpaired) electrons. The average Bonchev–Trinajstić information content (AvgIpc) is 2.81. The molecule has 188 valence electrons. The Hall–Kier alpha value is -2.17. The summed E-state index contributed by atoms with van der Waals surface area (Å²) >= 11 is 0. The zero-order valence-corrected chi connectivity index (χ0v) is 21.0. The minimum atomic E-state index is -3.72. The van der Waals surface area contributed by atoms with Crippen LogP contribution in [0.1, 0.15) is 44.6 Å². The normalized spacial score (nSPS) is 22.5. The van der Waals surface area contributed by atoms with Crippen molar-refractivity contribution in [1.82, 2.24) is 14.5 Å². The van der Waals surface area contributed by atoms with Gasteiger partial charge >= 0.3 is 0 Å². The Morgan fingerprint density at radius 3 is 2.71 bits per heavy atom. The number of nitrogens with zero attached hydrogens (tertiary/aromatic N) is 2. The van der Waals surface area contributed by atoms with E-state index in [2.05, 4.69) is 22.5 Å². The Morgan fingerprint density at radius 2 is 1.97 bits per heavy atom. The maximum absolute atomic E-state index is 13.3. The van der Waals surface area contributed by atoms with Crippen molar-refractivity contribution >= 4 is 27.5 Å². The first-order valence-corrected chi connectivity index (χ1v) is 13.8. The second-order valence-corrected chi connectivity index (χ2v) is 11.7. The van der Waals surface area contributed by atoms with E-state index in [-0.39, 0.29) is 29.2 Å². The highest BCUT2D eigenvalue weighted by atomic mass is 32.2. The lowest BCUT2D eigenvalue weighted by atomic mass is 9.97. The number of carbonyl (C=O) groups is 2. The largest absolute Gasteiger partial charge is 0.482 e. The number of ether oxygens (including phenoxy) is 1. The van der Waals surface area contributed by atoms with Gasteiger partial charge in [-0.1, -0.05) is 6.92 Å². The van der Waals surface area contributed by atoms with Crippen LogP contribution in [-0.4, -0.2) is 75.3 Å². The molecule has 1 atom stereocenters. The maximum Gasteiger partial charge on any atom is 0.262 e. The molecule has 0 bridgehead atoms. The van der Waals surface area contributed by atoms with Gasteiger partial charge in [0.1, 0.15) is 5.75 Å². The second kappa shape index (κ2) is 10.6. The topological polar surface area (TPSA) is 108 Å². The van der Waals surface area contributed by atoms with Crippen LogP contribution in [0.5, 0.6) is 5.75 Å². The number of fused-ring (bicyclic) bond motifs is 1. The summed E-state index contributed by atoms with van der Waals surface area (Å²) < 4.78 is 33.4. The van der Waals surface area contributed by atoms with Crippen LogP contribution in [0.15, 0.2) is 17.0 Å². The number of piperidine rings is 2. The van der Waals surface area contributed by atoms with Gasteiger partial charge < -0.3 is 20.3 Å². The molecule has 3 aliphatic rings. The molecule has 3 aliphatic heterocycles. The summed E-state index contributed by atoms with van der Waals surface area (Å²) in [5.74, 6) is 0.715. The number of amides is 2. The van der Waals surface area contributed by atoms with Crippen molar-refractivity contribution < 1.29 is 22.7 Å². The van der Waals surface area contributed by atoms with Crippen LogP contribution in [-0.2, 0) is 19.6 Å². The highest BCUT2D eigenvalue weighted by Crippen LogP contribution is 2.35. The third kappa shape index (κ3) is 5.72. The Kier molecular flexibility index (Phi) is 7.79. The number of hydrogen-bond acceptors (Lipinski definition) is 6. The number of nitrogens with one attached hydrogen (secondary N) is 2. The van der Waals surface area contributed by atoms with Gasteiger partial charge in [-0.3, -0.25) is 9.59 Å². The minimum Gasteiger partial charge on any atom is -0.482 e. The Morgan fingerprint density at radius 1 is 1.21 bits per heavy atom. The van der Waals surface area contributed by atoms with Gasteiger partial charge in [-0.15, -0.1) is 0 Å². The maximum atomic E-state index is 13.3. The van der Waals surface area contributed by atoms with Crippen LogP contribution in [0.4, 0.5) is 5.69 Å². The summed E-state index contributed by atoms with van der Waals surface area (Å²) in [6, 6.07) is 3.12. The minimum absolute atomic E-state index is 0.0261. The van der Waals surface area contributed by atoms with E-state index in [9.17, 15) is 18.0 Å². The zero-order chi connectivity index (χ0) is 24.3. The number of hydrogen-bond donors (Lipinski definition) is 2. The number of rotatable bonds is 7. The van der Waals surface area contributed by atoms with E-state index in [0.717, 1.165) is 32.0 Å². The molecule has 9 nitrogen and oxygen atoms in total. The quantitative estimate of drug-likeness (QED) is 0.564. The van der Waals surface area contributed by atoms with E-state index in [4.69, 9.17) is 4.74 Å². The van der Waals surface area contributed by atoms with Crippen molar-refractivity contribution in [3.05, 3.63) is 17.7 Å². The van der Waals surface area contributed by atoms with Crippen LogP contribution in [0, 0.1) is 18.8 Å². The van der Waals surface area contributed by atoms with E-state index >= 15 is 0 Å². The average molecular weight is 493 g/mol. The fourth-order valence-electron chi connectivity index (χ4n) is 5.14. The lowest BCUT2D eigenvalue weighted by Gasteiger charge is -2.32. The van der Waals surface area contributed by atoms with Gasteiger partial charge in [0.2, 0.25) is 15.9 Å². The molecule has 2 N–H and O–H groups in total. The summed E-state index contributed by atoms with van der Waals surface area (Å²) in [4.78, 5) is 26.8. The first kappa shape index (κ1) is 24.9. The lowest BCUT2D eigenvalue weighted by Crippen LogP contribution is -2.43. The predicted octanol–water partition coefficient (Wildman–Crippen LogP) is 1.96. The highest BCUT2D eigenvalue weighted by Gasteiger charge is 2.34. The van der Waals surface area contributed by atoms with Gasteiger partial charge in [-0.05, 0) is 69.7 Å². The predicted molar refractivity (Wildman–Crippen MR) is 129 cm³/mol. The van der Waals surface area contributed by atoms with Crippen LogP contribution in [0.25, 0.3) is 0 Å². The van der Waals surface area contributed by atoms with E-state index in [1.54, 1.807) is 13.0 Å². The summed E-state index contributed by atoms with van der Waals surface area (Å²) in [7, 11) is -3.72. The zero-order valence-electron chi connectivity index (χ0n) is 20.1. The van der Waals surface area contributed by atoms with Gasteiger partial charge in [0, 0.05) is 38.2 Å². The van der Waals surface area contributed by atoms with Crippen molar-refractivity contribution in [2.24, 2.45) is 11.8 Å². The fourth-order valence-corrected chi connectivity index (χ4v) is 6.83. The molecular formula is C24H36N4O5S. The molecule has 34 heavy (non-hydrogen) atoms. The number of sulfonamides is 1. The first-order valence-electron chi connectivity index (χ1n) is 12.3. The molecule has 0 aliphatic carbocycles. The number of aryl methyl sites for hydroxylation is 1. The fraction of sp³-hybridized carbons (Fsp3) is 0.667. The van der Waals surface area contributed by atoms with Crippen LogP contribution >= 0.6 is 0 Å². The molecule has 2 fully saturated rings. The number of carbonyl (C=O) groups excluding carboxylic acids is 2. The van der Waals surface area contributed by atoms with Crippen LogP contribution in [0.3, 0.4) is 0 Å². The van der Waals surface area contributed by atoms with Crippen molar-refractivity contribution in [1.29, 1.82) is 0 Å². The van der Waals surface area contributed by atoms with E-state index in [1.165, 1.54) is 23.2 Å². The standard InChI is InChI=1S/C24H36N4O5S/c1-17-5-3-9-27(15-17)10-4-8-25-24(30)19-6-11-28(12-7-19)34(31,32)22-14-21-20(13-18(22)2)26-23(29)16-33-21/h13-14,17,19H,3-12,15-16H2,1-2H3,(H,25,30)(H,26,29)/t17-/m1/s1. The Bertz CT molecular complexity index is 1020. The molecule has 10 heteroatoms. The van der Waals surface area contributed by atoms with Crippen molar-refractivity contribution in [2.75, 3.05) is 51.2 Å². The van der Waals surface area contributed by atoms with Gasteiger partial charge in [0.15, 0.2) is 6.61 Å². The van der Waals surface area contributed by atoms with Crippen LogP contribution in [0.2, 0.25) is 0 Å². The van der Waals surface area contributed by atoms with Gasteiger partial charge in [-0.25, -0.2) is 8.42 Å². The summed E-state index contributed by atoms with van der Waals surface area (Å²) in [5, 5.41) is 5.75. The molecule has 1 aromatic carbocycles. The SMILES string of the molecule is Cc1cc2c(cc1S(=O)(=O)N1CCC(C(=O)NCCCN3CCC[C@@H](C)C3)CC1)OCC(=O)N2. The van der Waals surface area contributed by atoms with Gasteiger partial charge in [-0.2, -0.15) is 4.31 Å². The highest BCUT2D eigenvalue weighted by molar-refractivity contribution is 7.89. The summed E-state index contributed by atoms with van der Waals surface area (Å²) in [6.45, 7) is 8.44. The molecular weight excluding hydrogens is 456 g/mol. The van der Waals surface area contributed by atoms with Gasteiger partial charge in [0.05, 0.1) is 10.6 Å². The van der Waals surface area contributed by atoms with Crippen molar-refractivity contribution in [3.8, 4) is 5.75 Å². The van der Waals surface area contributed by atoms with Crippen molar-refractivity contribution in [3.63, 3.8) is 0 Å². The van der Waals surface area contributed by atoms with Crippen molar-refractivity contribution in [2.45, 2.75) is 50.8 Å². The summed E-state index contributed by atoms with van der Waals surface area (Å²) in [6.07, 6.45) is 4.51. The molecule has 0 saturated carbocycles. The second-order valence-electron chi connectivity index (χ2n) is 9.82. The third-order valence-corrected chi connectivity index (χ3v) is 9.08. The Balaban J connectivity index is 1.27. The monoisotopic (exact) mass is 492 g/mol. The molecule has 1 aromatic rings. The molecule has 0 spiro atoms. The molecule has 0 unspecified atom stereocenters. The molecule has 2 saturated heterocycles. The number of anilines is 1. The number of likely N-dealkylation sites (tertiary alicyclic amines) is 1. The first-order chi connectivity index (χ1) is 16.2. The molecule has 3 heterocycles. The smallest absolute Gasteiger partial charge is 0.262 e. The lowest BCUT2D eigenvalue weighted by molar-refractivity contribution is -0.126.